The van der Waals surface area contributed by atoms with Crippen molar-refractivity contribution in [2.24, 2.45) is 5.41 Å². The van der Waals surface area contributed by atoms with Crippen molar-refractivity contribution >= 4 is 10.9 Å². The number of para-hydroxylation sites is 1. The van der Waals surface area contributed by atoms with Crippen LogP contribution in [0.2, 0.25) is 0 Å². The highest BCUT2D eigenvalue weighted by atomic mass is 16.3. The standard InChI is InChI=1S/C21H22N2O2/c24-19(15-6-2-1-3-7-15)21(10-11-21)14-22-13-17-12-16-8-4-5-9-18(16)23-20(17)25/h1-9,12,19,22,24H,10-11,13-14H2,(H,23,25). The van der Waals surface area contributed by atoms with Crippen molar-refractivity contribution in [2.75, 3.05) is 6.54 Å². The lowest BCUT2D eigenvalue weighted by atomic mass is 9.92. The van der Waals surface area contributed by atoms with E-state index >= 15 is 0 Å². The zero-order valence-corrected chi connectivity index (χ0v) is 14.0. The van der Waals surface area contributed by atoms with Crippen molar-refractivity contribution in [1.82, 2.24) is 10.3 Å². The molecule has 0 saturated heterocycles. The number of aliphatic hydroxyl groups excluding tert-OH is 1. The predicted octanol–water partition coefficient (Wildman–Crippen LogP) is 3.13. The molecule has 1 atom stereocenters. The first-order valence-corrected chi connectivity index (χ1v) is 8.73. The van der Waals surface area contributed by atoms with E-state index in [1.165, 1.54) is 0 Å². The molecule has 3 N–H and O–H groups in total. The second-order valence-electron chi connectivity index (χ2n) is 6.99. The monoisotopic (exact) mass is 334 g/mol. The van der Waals surface area contributed by atoms with Crippen LogP contribution >= 0.6 is 0 Å². The molecule has 0 bridgehead atoms. The first-order valence-electron chi connectivity index (χ1n) is 8.73. The molecule has 2 aromatic carbocycles. The van der Waals surface area contributed by atoms with Crippen LogP contribution in [0.4, 0.5) is 0 Å². The molecule has 4 nitrogen and oxygen atoms in total. The van der Waals surface area contributed by atoms with Crippen LogP contribution in [0.1, 0.15) is 30.1 Å². The van der Waals surface area contributed by atoms with Gasteiger partial charge in [0, 0.05) is 29.6 Å². The minimum absolute atomic E-state index is 0.0559. The van der Waals surface area contributed by atoms with Gasteiger partial charge in [0.25, 0.3) is 5.56 Å². The molecule has 1 aromatic heterocycles. The molecule has 1 aliphatic rings. The Kier molecular flexibility index (Phi) is 4.15. The Hall–Kier alpha value is -2.43. The Balaban J connectivity index is 1.44. The number of nitrogens with one attached hydrogen (secondary N) is 2. The summed E-state index contributed by atoms with van der Waals surface area (Å²) >= 11 is 0. The highest BCUT2D eigenvalue weighted by molar-refractivity contribution is 5.78. The van der Waals surface area contributed by atoms with Crippen LogP contribution in [0.25, 0.3) is 10.9 Å². The summed E-state index contributed by atoms with van der Waals surface area (Å²) in [5.41, 5.74) is 2.38. The van der Waals surface area contributed by atoms with Crippen LogP contribution < -0.4 is 10.9 Å². The maximum absolute atomic E-state index is 12.2. The number of aromatic amines is 1. The highest BCUT2D eigenvalue weighted by Crippen LogP contribution is 2.54. The van der Waals surface area contributed by atoms with Gasteiger partial charge in [-0.15, -0.1) is 0 Å². The van der Waals surface area contributed by atoms with Gasteiger partial charge >= 0.3 is 0 Å². The lowest BCUT2D eigenvalue weighted by Gasteiger charge is -2.23. The number of H-pyrrole nitrogens is 1. The molecule has 4 rings (SSSR count). The van der Waals surface area contributed by atoms with Crippen molar-refractivity contribution in [1.29, 1.82) is 0 Å². The molecule has 0 amide bonds. The molecule has 0 spiro atoms. The Morgan fingerprint density at radius 1 is 1.08 bits per heavy atom. The maximum atomic E-state index is 12.2. The number of pyridine rings is 1. The molecule has 25 heavy (non-hydrogen) atoms. The van der Waals surface area contributed by atoms with Gasteiger partial charge in [-0.2, -0.15) is 0 Å². The van der Waals surface area contributed by atoms with Gasteiger partial charge in [-0.05, 0) is 35.9 Å². The normalized spacial score (nSPS) is 16.7. The summed E-state index contributed by atoms with van der Waals surface area (Å²) in [5.74, 6) is 0. The minimum atomic E-state index is -0.462. The van der Waals surface area contributed by atoms with Crippen LogP contribution in [0.15, 0.2) is 65.5 Å². The minimum Gasteiger partial charge on any atom is -0.388 e. The van der Waals surface area contributed by atoms with Gasteiger partial charge in [0.2, 0.25) is 0 Å². The quantitative estimate of drug-likeness (QED) is 0.649. The van der Waals surface area contributed by atoms with Crippen LogP contribution in [-0.4, -0.2) is 16.6 Å². The van der Waals surface area contributed by atoms with E-state index in [0.717, 1.165) is 34.9 Å². The van der Waals surface area contributed by atoms with Gasteiger partial charge in [-0.1, -0.05) is 48.5 Å². The van der Waals surface area contributed by atoms with E-state index in [9.17, 15) is 9.90 Å². The average Bonchev–Trinajstić information content (AvgIpc) is 3.43. The van der Waals surface area contributed by atoms with Crippen molar-refractivity contribution in [3.63, 3.8) is 0 Å². The van der Waals surface area contributed by atoms with Gasteiger partial charge in [-0.25, -0.2) is 0 Å². The van der Waals surface area contributed by atoms with E-state index in [2.05, 4.69) is 10.3 Å². The Bertz CT molecular complexity index is 929. The summed E-state index contributed by atoms with van der Waals surface area (Å²) in [4.78, 5) is 15.1. The third kappa shape index (κ3) is 3.23. The van der Waals surface area contributed by atoms with E-state index in [-0.39, 0.29) is 11.0 Å². The lowest BCUT2D eigenvalue weighted by Crippen LogP contribution is -2.30. The average molecular weight is 334 g/mol. The fourth-order valence-electron chi connectivity index (χ4n) is 3.47. The molecule has 128 valence electrons. The number of benzene rings is 2. The van der Waals surface area contributed by atoms with Gasteiger partial charge < -0.3 is 15.4 Å². The highest BCUT2D eigenvalue weighted by Gasteiger charge is 2.48. The summed E-state index contributed by atoms with van der Waals surface area (Å²) < 4.78 is 0. The molecular formula is C21H22N2O2. The van der Waals surface area contributed by atoms with Crippen LogP contribution in [0, 0.1) is 5.41 Å². The molecular weight excluding hydrogens is 312 g/mol. The molecule has 0 radical (unpaired) electrons. The summed E-state index contributed by atoms with van der Waals surface area (Å²) in [5, 5.41) is 15.1. The molecule has 1 fully saturated rings. The smallest absolute Gasteiger partial charge is 0.252 e. The van der Waals surface area contributed by atoms with E-state index < -0.39 is 6.10 Å². The first-order chi connectivity index (χ1) is 12.2. The summed E-state index contributed by atoms with van der Waals surface area (Å²) in [6.07, 6.45) is 1.55. The van der Waals surface area contributed by atoms with E-state index in [4.69, 9.17) is 0 Å². The van der Waals surface area contributed by atoms with Crippen molar-refractivity contribution < 1.29 is 5.11 Å². The molecule has 1 saturated carbocycles. The molecule has 0 aliphatic heterocycles. The third-order valence-electron chi connectivity index (χ3n) is 5.21. The zero-order chi connectivity index (χ0) is 17.3. The van der Waals surface area contributed by atoms with E-state index in [1.54, 1.807) is 0 Å². The fraction of sp³-hybridized carbons (Fsp3) is 0.286. The summed E-state index contributed by atoms with van der Waals surface area (Å²) in [6, 6.07) is 19.5. The summed E-state index contributed by atoms with van der Waals surface area (Å²) in [7, 11) is 0. The molecule has 1 heterocycles. The van der Waals surface area contributed by atoms with Gasteiger partial charge in [0.1, 0.15) is 0 Å². The number of hydrogen-bond acceptors (Lipinski definition) is 3. The Labute approximate surface area is 146 Å². The van der Waals surface area contributed by atoms with Gasteiger partial charge in [0.05, 0.1) is 6.10 Å². The van der Waals surface area contributed by atoms with E-state index in [0.29, 0.717) is 13.1 Å². The van der Waals surface area contributed by atoms with Gasteiger partial charge in [0.15, 0.2) is 0 Å². The van der Waals surface area contributed by atoms with Crippen LogP contribution in [-0.2, 0) is 6.54 Å². The molecule has 1 aliphatic carbocycles. The predicted molar refractivity (Wildman–Crippen MR) is 99.3 cm³/mol. The van der Waals surface area contributed by atoms with E-state index in [1.807, 2.05) is 60.7 Å². The molecule has 3 aromatic rings. The first kappa shape index (κ1) is 16.1. The number of aliphatic hydroxyl groups is 1. The SMILES string of the molecule is O=c1[nH]c2ccccc2cc1CNCC1(C(O)c2ccccc2)CC1. The van der Waals surface area contributed by atoms with Crippen molar-refractivity contribution in [3.05, 3.63) is 82.1 Å². The number of fused-ring (bicyclic) bond motifs is 1. The molecule has 4 heteroatoms. The molecule has 1 unspecified atom stereocenters. The third-order valence-corrected chi connectivity index (χ3v) is 5.21. The van der Waals surface area contributed by atoms with Gasteiger partial charge in [-0.3, -0.25) is 4.79 Å². The summed E-state index contributed by atoms with van der Waals surface area (Å²) in [6.45, 7) is 1.21. The largest absolute Gasteiger partial charge is 0.388 e. The van der Waals surface area contributed by atoms with Crippen LogP contribution in [0.3, 0.4) is 0 Å². The second-order valence-corrected chi connectivity index (χ2v) is 6.99. The Morgan fingerprint density at radius 3 is 2.56 bits per heavy atom. The van der Waals surface area contributed by atoms with Crippen molar-refractivity contribution in [2.45, 2.75) is 25.5 Å². The van der Waals surface area contributed by atoms with Crippen molar-refractivity contribution in [3.8, 4) is 0 Å². The fourth-order valence-corrected chi connectivity index (χ4v) is 3.47. The van der Waals surface area contributed by atoms with Crippen LogP contribution in [0.5, 0.6) is 0 Å². The maximum Gasteiger partial charge on any atom is 0.252 e. The number of hydrogen-bond donors (Lipinski definition) is 3. The Morgan fingerprint density at radius 2 is 1.80 bits per heavy atom. The number of aromatic nitrogens is 1. The lowest BCUT2D eigenvalue weighted by molar-refractivity contribution is 0.0917. The number of rotatable bonds is 6. The second kappa shape index (κ2) is 6.47. The topological polar surface area (TPSA) is 65.1 Å². The zero-order valence-electron chi connectivity index (χ0n) is 14.0.